The minimum absolute atomic E-state index is 0.494. The van der Waals surface area contributed by atoms with Crippen LogP contribution >= 0.6 is 0 Å². The molecule has 0 aromatic heterocycles. The third-order valence-electron chi connectivity index (χ3n) is 2.60. The van der Waals surface area contributed by atoms with E-state index in [1.54, 1.807) is 25.3 Å². The second-order valence-corrected chi connectivity index (χ2v) is 4.06. The van der Waals surface area contributed by atoms with Crippen LogP contribution in [0.2, 0.25) is 0 Å². The molecular formula is C16H15NO3. The molecule has 2 rings (SSSR count). The first-order valence-electron chi connectivity index (χ1n) is 6.07. The van der Waals surface area contributed by atoms with E-state index < -0.39 is 5.91 Å². The summed E-state index contributed by atoms with van der Waals surface area (Å²) in [5.74, 6) is 1.41. The molecule has 20 heavy (non-hydrogen) atoms. The Labute approximate surface area is 117 Å². The minimum atomic E-state index is -0.494. The van der Waals surface area contributed by atoms with Gasteiger partial charge < -0.3 is 15.2 Å². The Morgan fingerprint density at radius 2 is 1.85 bits per heavy atom. The van der Waals surface area contributed by atoms with Gasteiger partial charge in [-0.25, -0.2) is 0 Å². The van der Waals surface area contributed by atoms with Crippen molar-refractivity contribution in [2.45, 2.75) is 0 Å². The van der Waals surface area contributed by atoms with E-state index in [0.717, 1.165) is 5.56 Å². The Hall–Kier alpha value is -2.75. The molecule has 0 bridgehead atoms. The third kappa shape index (κ3) is 3.62. The average Bonchev–Trinajstić information content (AvgIpc) is 2.46. The molecule has 0 aliphatic carbocycles. The van der Waals surface area contributed by atoms with Crippen molar-refractivity contribution in [3.05, 3.63) is 60.2 Å². The van der Waals surface area contributed by atoms with Crippen LogP contribution in [0.1, 0.15) is 5.56 Å². The van der Waals surface area contributed by atoms with Crippen molar-refractivity contribution in [2.75, 3.05) is 7.11 Å². The Morgan fingerprint density at radius 3 is 2.50 bits per heavy atom. The summed E-state index contributed by atoms with van der Waals surface area (Å²) < 4.78 is 11.0. The number of amides is 1. The molecule has 0 heterocycles. The number of hydrogen-bond acceptors (Lipinski definition) is 3. The van der Waals surface area contributed by atoms with Gasteiger partial charge in [-0.1, -0.05) is 24.3 Å². The summed E-state index contributed by atoms with van der Waals surface area (Å²) in [6.07, 6.45) is 2.92. The number of carbonyl (C=O) groups excluding carboxylic acids is 1. The van der Waals surface area contributed by atoms with E-state index in [4.69, 9.17) is 15.2 Å². The van der Waals surface area contributed by atoms with Crippen molar-refractivity contribution in [1.29, 1.82) is 0 Å². The van der Waals surface area contributed by atoms with E-state index in [1.165, 1.54) is 6.08 Å². The highest BCUT2D eigenvalue weighted by Crippen LogP contribution is 2.32. The Morgan fingerprint density at radius 1 is 1.10 bits per heavy atom. The molecule has 4 heteroatoms. The zero-order chi connectivity index (χ0) is 14.4. The number of primary amides is 1. The first-order chi connectivity index (χ1) is 9.69. The molecule has 4 nitrogen and oxygen atoms in total. The Balaban J connectivity index is 2.29. The van der Waals surface area contributed by atoms with Crippen LogP contribution in [0, 0.1) is 0 Å². The standard InChI is InChI=1S/C16H15NO3/c1-19-14-9-7-12(8-10-16(17)18)11-15(14)20-13-5-3-2-4-6-13/h2-11H,1H3,(H2,17,18). The summed E-state index contributed by atoms with van der Waals surface area (Å²) in [6.45, 7) is 0. The molecule has 1 amide bonds. The average molecular weight is 269 g/mol. The summed E-state index contributed by atoms with van der Waals surface area (Å²) in [5.41, 5.74) is 5.88. The van der Waals surface area contributed by atoms with E-state index in [2.05, 4.69) is 0 Å². The highest BCUT2D eigenvalue weighted by Gasteiger charge is 2.06. The SMILES string of the molecule is COc1ccc(C=CC(N)=O)cc1Oc1ccccc1. The molecule has 2 N–H and O–H groups in total. The number of nitrogens with two attached hydrogens (primary N) is 1. The van der Waals surface area contributed by atoms with Gasteiger partial charge in [-0.15, -0.1) is 0 Å². The van der Waals surface area contributed by atoms with Gasteiger partial charge in [0, 0.05) is 6.08 Å². The molecule has 102 valence electrons. The van der Waals surface area contributed by atoms with Gasteiger partial charge in [0.05, 0.1) is 7.11 Å². The molecule has 0 fully saturated rings. The lowest BCUT2D eigenvalue weighted by atomic mass is 10.2. The third-order valence-corrected chi connectivity index (χ3v) is 2.60. The number of benzene rings is 2. The van der Waals surface area contributed by atoms with Crippen molar-refractivity contribution in [1.82, 2.24) is 0 Å². The zero-order valence-electron chi connectivity index (χ0n) is 11.1. The molecule has 0 spiro atoms. The maximum Gasteiger partial charge on any atom is 0.241 e. The molecule has 2 aromatic rings. The second kappa shape index (κ2) is 6.43. The van der Waals surface area contributed by atoms with Crippen molar-refractivity contribution in [3.8, 4) is 17.2 Å². The lowest BCUT2D eigenvalue weighted by molar-refractivity contribution is -0.113. The second-order valence-electron chi connectivity index (χ2n) is 4.06. The summed E-state index contributed by atoms with van der Waals surface area (Å²) >= 11 is 0. The number of rotatable bonds is 5. The predicted molar refractivity (Wildman–Crippen MR) is 77.7 cm³/mol. The molecule has 0 radical (unpaired) electrons. The number of carbonyl (C=O) groups is 1. The van der Waals surface area contributed by atoms with E-state index in [9.17, 15) is 4.79 Å². The topological polar surface area (TPSA) is 61.5 Å². The van der Waals surface area contributed by atoms with Crippen LogP contribution in [0.5, 0.6) is 17.2 Å². The monoisotopic (exact) mass is 269 g/mol. The van der Waals surface area contributed by atoms with Crippen LogP contribution in [0.3, 0.4) is 0 Å². The minimum Gasteiger partial charge on any atom is -0.493 e. The van der Waals surface area contributed by atoms with Gasteiger partial charge in [-0.3, -0.25) is 4.79 Å². The Kier molecular flexibility index (Phi) is 4.39. The van der Waals surface area contributed by atoms with Gasteiger partial charge >= 0.3 is 0 Å². The summed E-state index contributed by atoms with van der Waals surface area (Å²) in [7, 11) is 1.58. The predicted octanol–water partition coefficient (Wildman–Crippen LogP) is 2.99. The molecule has 2 aromatic carbocycles. The van der Waals surface area contributed by atoms with Crippen molar-refractivity contribution >= 4 is 12.0 Å². The van der Waals surface area contributed by atoms with Gasteiger partial charge in [0.1, 0.15) is 5.75 Å². The normalized spacial score (nSPS) is 10.4. The fourth-order valence-corrected chi connectivity index (χ4v) is 1.67. The number of methoxy groups -OCH3 is 1. The molecule has 0 saturated carbocycles. The van der Waals surface area contributed by atoms with Crippen LogP contribution in [-0.2, 0) is 4.79 Å². The fourth-order valence-electron chi connectivity index (χ4n) is 1.67. The first-order valence-corrected chi connectivity index (χ1v) is 6.07. The molecule has 0 unspecified atom stereocenters. The quantitative estimate of drug-likeness (QED) is 0.849. The van der Waals surface area contributed by atoms with Crippen LogP contribution in [0.15, 0.2) is 54.6 Å². The van der Waals surface area contributed by atoms with Crippen LogP contribution in [0.25, 0.3) is 6.08 Å². The van der Waals surface area contributed by atoms with Crippen molar-refractivity contribution < 1.29 is 14.3 Å². The van der Waals surface area contributed by atoms with E-state index in [1.807, 2.05) is 36.4 Å². The number of hydrogen-bond donors (Lipinski definition) is 1. The summed E-state index contributed by atoms with van der Waals surface area (Å²) in [4.78, 5) is 10.8. The molecule has 0 saturated heterocycles. The van der Waals surface area contributed by atoms with Gasteiger partial charge in [-0.2, -0.15) is 0 Å². The highest BCUT2D eigenvalue weighted by atomic mass is 16.5. The van der Waals surface area contributed by atoms with Gasteiger partial charge in [0.2, 0.25) is 5.91 Å². The maximum atomic E-state index is 10.8. The highest BCUT2D eigenvalue weighted by molar-refractivity contribution is 5.90. The van der Waals surface area contributed by atoms with Gasteiger partial charge in [0.25, 0.3) is 0 Å². The van der Waals surface area contributed by atoms with E-state index in [-0.39, 0.29) is 0 Å². The summed E-state index contributed by atoms with van der Waals surface area (Å²) in [5, 5.41) is 0. The largest absolute Gasteiger partial charge is 0.493 e. The number of ether oxygens (including phenoxy) is 2. The maximum absolute atomic E-state index is 10.8. The number of para-hydroxylation sites is 1. The van der Waals surface area contributed by atoms with Crippen molar-refractivity contribution in [3.63, 3.8) is 0 Å². The van der Waals surface area contributed by atoms with Crippen LogP contribution in [0.4, 0.5) is 0 Å². The smallest absolute Gasteiger partial charge is 0.241 e. The lowest BCUT2D eigenvalue weighted by Crippen LogP contribution is -2.05. The summed E-state index contributed by atoms with van der Waals surface area (Å²) in [6, 6.07) is 14.8. The van der Waals surface area contributed by atoms with Gasteiger partial charge in [0.15, 0.2) is 11.5 Å². The molecule has 0 aliphatic rings. The van der Waals surface area contributed by atoms with Crippen LogP contribution in [-0.4, -0.2) is 13.0 Å². The fraction of sp³-hybridized carbons (Fsp3) is 0.0625. The van der Waals surface area contributed by atoms with Crippen LogP contribution < -0.4 is 15.2 Å². The van der Waals surface area contributed by atoms with E-state index >= 15 is 0 Å². The Bertz CT molecular complexity index is 621. The molecule has 0 aliphatic heterocycles. The van der Waals surface area contributed by atoms with E-state index in [0.29, 0.717) is 17.2 Å². The van der Waals surface area contributed by atoms with Crippen molar-refractivity contribution in [2.24, 2.45) is 5.73 Å². The first kappa shape index (κ1) is 13.7. The molecule has 0 atom stereocenters. The van der Waals surface area contributed by atoms with Gasteiger partial charge in [-0.05, 0) is 35.9 Å². The zero-order valence-corrected chi connectivity index (χ0v) is 11.1. The molecular weight excluding hydrogens is 254 g/mol. The lowest BCUT2D eigenvalue weighted by Gasteiger charge is -2.11.